The lowest BCUT2D eigenvalue weighted by Crippen LogP contribution is -2.51. The first kappa shape index (κ1) is 23.1. The predicted molar refractivity (Wildman–Crippen MR) is 118 cm³/mol. The van der Waals surface area contributed by atoms with E-state index in [0.29, 0.717) is 5.02 Å². The van der Waals surface area contributed by atoms with Gasteiger partial charge in [0.2, 0.25) is 5.91 Å². The van der Waals surface area contributed by atoms with Crippen molar-refractivity contribution < 1.29 is 18.7 Å². The lowest BCUT2D eigenvalue weighted by atomic mass is 9.95. The number of amides is 2. The molecule has 0 spiro atoms. The molecule has 1 saturated carbocycles. The minimum atomic E-state index is -0.700. The van der Waals surface area contributed by atoms with Gasteiger partial charge >= 0.3 is 0 Å². The van der Waals surface area contributed by atoms with Crippen molar-refractivity contribution in [2.24, 2.45) is 0 Å². The highest BCUT2D eigenvalue weighted by Gasteiger charge is 2.28. The van der Waals surface area contributed by atoms with E-state index in [0.717, 1.165) is 31.2 Å². The molecule has 0 saturated heterocycles. The number of nitrogens with one attached hydrogen (secondary N) is 1. The van der Waals surface area contributed by atoms with Crippen LogP contribution in [0.5, 0.6) is 5.75 Å². The summed E-state index contributed by atoms with van der Waals surface area (Å²) in [5, 5.41) is 3.67. The molecule has 1 fully saturated rings. The number of ether oxygens (including phenoxy) is 1. The van der Waals surface area contributed by atoms with Crippen molar-refractivity contribution in [2.75, 3.05) is 6.61 Å². The van der Waals surface area contributed by atoms with E-state index >= 15 is 0 Å². The van der Waals surface area contributed by atoms with Crippen LogP contribution in [-0.2, 0) is 16.1 Å². The summed E-state index contributed by atoms with van der Waals surface area (Å²) >= 11 is 5.96. The SMILES string of the molecule is C[C@H](C(=O)NC1CCCCC1)N(Cc1ccc(Cl)cc1)C(=O)COc1ccccc1F. The van der Waals surface area contributed by atoms with Crippen LogP contribution in [0.15, 0.2) is 48.5 Å². The van der Waals surface area contributed by atoms with Gasteiger partial charge in [-0.2, -0.15) is 0 Å². The van der Waals surface area contributed by atoms with Crippen molar-refractivity contribution in [3.05, 3.63) is 64.9 Å². The second kappa shape index (κ2) is 11.1. The molecule has 7 heteroatoms. The first-order chi connectivity index (χ1) is 14.9. The molecule has 166 valence electrons. The van der Waals surface area contributed by atoms with Gasteiger partial charge in [0.1, 0.15) is 6.04 Å². The number of hydrogen-bond donors (Lipinski definition) is 1. The first-order valence-corrected chi connectivity index (χ1v) is 11.0. The number of carbonyl (C=O) groups excluding carboxylic acids is 2. The van der Waals surface area contributed by atoms with Crippen LogP contribution in [0.1, 0.15) is 44.6 Å². The Labute approximate surface area is 187 Å². The van der Waals surface area contributed by atoms with E-state index in [2.05, 4.69) is 5.32 Å². The molecule has 0 aromatic heterocycles. The Morgan fingerprint density at radius 1 is 1.13 bits per heavy atom. The topological polar surface area (TPSA) is 58.6 Å². The maximum Gasteiger partial charge on any atom is 0.261 e. The largest absolute Gasteiger partial charge is 0.481 e. The first-order valence-electron chi connectivity index (χ1n) is 10.7. The molecular weight excluding hydrogens is 419 g/mol. The molecule has 1 N–H and O–H groups in total. The molecule has 2 amide bonds. The molecular formula is C24H28ClFN2O3. The average Bonchev–Trinajstić information content (AvgIpc) is 2.78. The summed E-state index contributed by atoms with van der Waals surface area (Å²) in [6, 6.07) is 12.5. The number of carbonyl (C=O) groups is 2. The minimum absolute atomic E-state index is 0.00148. The van der Waals surface area contributed by atoms with Crippen molar-refractivity contribution in [1.82, 2.24) is 10.2 Å². The van der Waals surface area contributed by atoms with Crippen molar-refractivity contribution in [3.63, 3.8) is 0 Å². The Kier molecular flexibility index (Phi) is 8.29. The zero-order chi connectivity index (χ0) is 22.2. The van der Waals surface area contributed by atoms with E-state index in [9.17, 15) is 14.0 Å². The summed E-state index contributed by atoms with van der Waals surface area (Å²) in [5.41, 5.74) is 0.834. The Hall–Kier alpha value is -2.60. The Morgan fingerprint density at radius 3 is 2.48 bits per heavy atom. The maximum atomic E-state index is 13.8. The molecule has 0 unspecified atom stereocenters. The fourth-order valence-electron chi connectivity index (χ4n) is 3.72. The molecule has 1 atom stereocenters. The van der Waals surface area contributed by atoms with Gasteiger partial charge in [0.25, 0.3) is 5.91 Å². The van der Waals surface area contributed by atoms with Crippen molar-refractivity contribution >= 4 is 23.4 Å². The third kappa shape index (κ3) is 6.69. The van der Waals surface area contributed by atoms with Crippen molar-refractivity contribution in [2.45, 2.75) is 57.7 Å². The lowest BCUT2D eigenvalue weighted by molar-refractivity contribution is -0.142. The molecule has 2 aromatic rings. The third-order valence-corrected chi connectivity index (χ3v) is 5.82. The summed E-state index contributed by atoms with van der Waals surface area (Å²) < 4.78 is 19.2. The van der Waals surface area contributed by atoms with Crippen molar-refractivity contribution in [1.29, 1.82) is 0 Å². The molecule has 0 aliphatic heterocycles. The van der Waals surface area contributed by atoms with E-state index in [1.165, 1.54) is 23.5 Å². The number of halogens is 2. The molecule has 1 aliphatic carbocycles. The van der Waals surface area contributed by atoms with Crippen molar-refractivity contribution in [3.8, 4) is 5.75 Å². The number of benzene rings is 2. The van der Waals surface area contributed by atoms with Gasteiger partial charge < -0.3 is 15.0 Å². The van der Waals surface area contributed by atoms with Gasteiger partial charge in [0.15, 0.2) is 18.2 Å². The van der Waals surface area contributed by atoms with Crippen LogP contribution in [0.3, 0.4) is 0 Å². The monoisotopic (exact) mass is 446 g/mol. The van der Waals surface area contributed by atoms with Gasteiger partial charge in [-0.3, -0.25) is 9.59 Å². The van der Waals surface area contributed by atoms with Gasteiger partial charge in [-0.1, -0.05) is 55.1 Å². The van der Waals surface area contributed by atoms with Gasteiger partial charge in [-0.15, -0.1) is 0 Å². The average molecular weight is 447 g/mol. The molecule has 0 heterocycles. The van der Waals surface area contributed by atoms with E-state index in [-0.39, 0.29) is 30.9 Å². The quantitative estimate of drug-likeness (QED) is 0.638. The lowest BCUT2D eigenvalue weighted by Gasteiger charge is -2.31. The molecule has 0 radical (unpaired) electrons. The summed E-state index contributed by atoms with van der Waals surface area (Å²) in [6.45, 7) is 1.56. The standard InChI is InChI=1S/C24H28ClFN2O3/c1-17(24(30)27-20-7-3-2-4-8-20)28(15-18-11-13-19(25)14-12-18)23(29)16-31-22-10-6-5-9-21(22)26/h5-6,9-14,17,20H,2-4,7-8,15-16H2,1H3,(H,27,30)/t17-/m1/s1. The third-order valence-electron chi connectivity index (χ3n) is 5.57. The van der Waals surface area contributed by atoms with Gasteiger partial charge in [0.05, 0.1) is 0 Å². The fraction of sp³-hybridized carbons (Fsp3) is 0.417. The number of para-hydroxylation sites is 1. The van der Waals surface area contributed by atoms with E-state index in [1.54, 1.807) is 31.2 Å². The Morgan fingerprint density at radius 2 is 1.81 bits per heavy atom. The van der Waals surface area contributed by atoms with Crippen LogP contribution >= 0.6 is 11.6 Å². The van der Waals surface area contributed by atoms with E-state index in [1.807, 2.05) is 12.1 Å². The molecule has 5 nitrogen and oxygen atoms in total. The van der Waals surface area contributed by atoms with Crippen LogP contribution in [0.4, 0.5) is 4.39 Å². The second-order valence-corrected chi connectivity index (χ2v) is 8.32. The number of nitrogens with zero attached hydrogens (tertiary/aromatic N) is 1. The number of hydrogen-bond acceptors (Lipinski definition) is 3. The zero-order valence-electron chi connectivity index (χ0n) is 17.7. The highest BCUT2D eigenvalue weighted by molar-refractivity contribution is 6.30. The summed E-state index contributed by atoms with van der Waals surface area (Å²) in [7, 11) is 0. The highest BCUT2D eigenvalue weighted by Crippen LogP contribution is 2.19. The minimum Gasteiger partial charge on any atom is -0.481 e. The van der Waals surface area contributed by atoms with E-state index in [4.69, 9.17) is 16.3 Å². The van der Waals surface area contributed by atoms with Gasteiger partial charge in [-0.05, 0) is 49.6 Å². The molecule has 1 aliphatic rings. The molecule has 3 rings (SSSR count). The smallest absolute Gasteiger partial charge is 0.261 e. The summed E-state index contributed by atoms with van der Waals surface area (Å²) in [5.74, 6) is -1.13. The maximum absolute atomic E-state index is 13.8. The molecule has 0 bridgehead atoms. The van der Waals surface area contributed by atoms with Crippen LogP contribution < -0.4 is 10.1 Å². The van der Waals surface area contributed by atoms with Crippen LogP contribution in [-0.4, -0.2) is 35.4 Å². The fourth-order valence-corrected chi connectivity index (χ4v) is 3.85. The Bertz CT molecular complexity index is 885. The zero-order valence-corrected chi connectivity index (χ0v) is 18.4. The predicted octanol–water partition coefficient (Wildman–Crippen LogP) is 4.72. The van der Waals surface area contributed by atoms with Gasteiger partial charge in [0, 0.05) is 17.6 Å². The van der Waals surface area contributed by atoms with Crippen LogP contribution in [0, 0.1) is 5.82 Å². The number of rotatable bonds is 8. The second-order valence-electron chi connectivity index (χ2n) is 7.89. The summed E-state index contributed by atoms with van der Waals surface area (Å²) in [6.07, 6.45) is 5.31. The summed E-state index contributed by atoms with van der Waals surface area (Å²) in [4.78, 5) is 27.4. The Balaban J connectivity index is 1.70. The molecule has 2 aromatic carbocycles. The molecule has 31 heavy (non-hydrogen) atoms. The van der Waals surface area contributed by atoms with Crippen LogP contribution in [0.25, 0.3) is 0 Å². The highest BCUT2D eigenvalue weighted by atomic mass is 35.5. The van der Waals surface area contributed by atoms with Gasteiger partial charge in [-0.25, -0.2) is 4.39 Å². The van der Waals surface area contributed by atoms with E-state index < -0.39 is 17.8 Å². The van der Waals surface area contributed by atoms with Crippen LogP contribution in [0.2, 0.25) is 5.02 Å². The normalized spacial score (nSPS) is 15.2.